The first kappa shape index (κ1) is 15.9. The lowest BCUT2D eigenvalue weighted by Crippen LogP contribution is -2.49. The van der Waals surface area contributed by atoms with Crippen LogP contribution in [0.2, 0.25) is 0 Å². The summed E-state index contributed by atoms with van der Waals surface area (Å²) in [6, 6.07) is 1.56. The molecule has 1 atom stereocenters. The number of piperidine rings is 1. The molecule has 2 aromatic rings. The smallest absolute Gasteiger partial charge is 0.253 e. The lowest BCUT2D eigenvalue weighted by Gasteiger charge is -2.31. The zero-order chi connectivity index (χ0) is 16.6. The highest BCUT2D eigenvalue weighted by Crippen LogP contribution is 2.16. The number of pyridine rings is 1. The van der Waals surface area contributed by atoms with E-state index in [4.69, 9.17) is 0 Å². The van der Waals surface area contributed by atoms with Crippen molar-refractivity contribution < 1.29 is 13.2 Å². The van der Waals surface area contributed by atoms with Crippen LogP contribution in [0.4, 0.5) is 0 Å². The Kier molecular flexibility index (Phi) is 4.07. The summed E-state index contributed by atoms with van der Waals surface area (Å²) in [4.78, 5) is 16.6. The topological polar surface area (TPSA) is 108 Å². The van der Waals surface area contributed by atoms with Gasteiger partial charge in [0.25, 0.3) is 5.91 Å². The normalized spacial score (nSPS) is 19.8. The Morgan fingerprint density at radius 3 is 3.00 bits per heavy atom. The molecule has 9 heteroatoms. The maximum atomic E-state index is 12.4. The van der Waals surface area contributed by atoms with Crippen molar-refractivity contribution in [2.45, 2.75) is 25.8 Å². The minimum absolute atomic E-state index is 0.188. The minimum atomic E-state index is -3.23. The molecule has 1 amide bonds. The number of aromatic amines is 1. The van der Waals surface area contributed by atoms with Gasteiger partial charge in [0.2, 0.25) is 10.0 Å². The minimum Gasteiger partial charge on any atom is -0.348 e. The van der Waals surface area contributed by atoms with Crippen molar-refractivity contribution in [2.75, 3.05) is 19.3 Å². The number of amides is 1. The van der Waals surface area contributed by atoms with Crippen molar-refractivity contribution in [3.63, 3.8) is 0 Å². The van der Waals surface area contributed by atoms with E-state index in [1.807, 2.05) is 6.92 Å². The molecule has 0 aliphatic carbocycles. The Morgan fingerprint density at radius 2 is 2.26 bits per heavy atom. The van der Waals surface area contributed by atoms with Gasteiger partial charge in [-0.25, -0.2) is 17.7 Å². The zero-order valence-corrected chi connectivity index (χ0v) is 13.9. The molecule has 124 valence electrons. The van der Waals surface area contributed by atoms with Crippen molar-refractivity contribution in [1.82, 2.24) is 24.8 Å². The van der Waals surface area contributed by atoms with Crippen LogP contribution in [-0.4, -0.2) is 59.2 Å². The third-order valence-corrected chi connectivity index (χ3v) is 5.32. The van der Waals surface area contributed by atoms with Gasteiger partial charge < -0.3 is 5.32 Å². The molecule has 1 unspecified atom stereocenters. The van der Waals surface area contributed by atoms with Gasteiger partial charge in [-0.3, -0.25) is 9.89 Å². The summed E-state index contributed by atoms with van der Waals surface area (Å²) < 4.78 is 24.7. The largest absolute Gasteiger partial charge is 0.348 e. The van der Waals surface area contributed by atoms with E-state index in [9.17, 15) is 13.2 Å². The molecule has 8 nitrogen and oxygen atoms in total. The highest BCUT2D eigenvalue weighted by atomic mass is 32.2. The van der Waals surface area contributed by atoms with Crippen LogP contribution in [-0.2, 0) is 10.0 Å². The quantitative estimate of drug-likeness (QED) is 0.844. The summed E-state index contributed by atoms with van der Waals surface area (Å²) in [5, 5.41) is 10.6. The van der Waals surface area contributed by atoms with Crippen molar-refractivity contribution in [2.24, 2.45) is 0 Å². The molecule has 0 aromatic carbocycles. The molecule has 0 saturated carbocycles. The predicted octanol–water partition coefficient (Wildman–Crippen LogP) is 0.420. The van der Waals surface area contributed by atoms with Crippen molar-refractivity contribution in [3.05, 3.63) is 23.5 Å². The van der Waals surface area contributed by atoms with E-state index >= 15 is 0 Å². The zero-order valence-electron chi connectivity index (χ0n) is 13.0. The third-order valence-electron chi connectivity index (χ3n) is 4.05. The van der Waals surface area contributed by atoms with Crippen molar-refractivity contribution in [1.29, 1.82) is 0 Å². The van der Waals surface area contributed by atoms with Gasteiger partial charge in [-0.05, 0) is 25.8 Å². The highest BCUT2D eigenvalue weighted by Gasteiger charge is 2.27. The van der Waals surface area contributed by atoms with E-state index in [0.29, 0.717) is 24.3 Å². The van der Waals surface area contributed by atoms with Gasteiger partial charge in [0, 0.05) is 36.4 Å². The standard InChI is InChI=1S/C14H19N5O3S/c1-9-12-6-10(7-15-13(12)18-17-9)14(20)16-11-4-3-5-19(8-11)23(2,21)22/h6-7,11H,3-5,8H2,1-2H3,(H,16,20)(H,15,17,18). The number of nitrogens with one attached hydrogen (secondary N) is 2. The Hall–Kier alpha value is -2.00. The van der Waals surface area contributed by atoms with Crippen LogP contribution < -0.4 is 5.32 Å². The average molecular weight is 337 g/mol. The number of rotatable bonds is 3. The molecule has 23 heavy (non-hydrogen) atoms. The van der Waals surface area contributed by atoms with Crippen LogP contribution in [0.25, 0.3) is 11.0 Å². The fraction of sp³-hybridized carbons (Fsp3) is 0.500. The van der Waals surface area contributed by atoms with Crippen molar-refractivity contribution >= 4 is 27.0 Å². The summed E-state index contributed by atoms with van der Waals surface area (Å²) in [5.74, 6) is -0.250. The number of sulfonamides is 1. The second kappa shape index (κ2) is 5.89. The van der Waals surface area contributed by atoms with E-state index in [2.05, 4.69) is 20.5 Å². The number of hydrogen-bond donors (Lipinski definition) is 2. The van der Waals surface area contributed by atoms with Crippen LogP contribution in [0.3, 0.4) is 0 Å². The number of nitrogens with zero attached hydrogens (tertiary/aromatic N) is 3. The Bertz CT molecular complexity index is 845. The molecule has 0 spiro atoms. The fourth-order valence-electron chi connectivity index (χ4n) is 2.77. The highest BCUT2D eigenvalue weighted by molar-refractivity contribution is 7.88. The Labute approximate surface area is 134 Å². The summed E-state index contributed by atoms with van der Waals surface area (Å²) in [5.41, 5.74) is 1.86. The van der Waals surface area contributed by atoms with Gasteiger partial charge in [0.1, 0.15) is 0 Å². The van der Waals surface area contributed by atoms with Gasteiger partial charge in [-0.15, -0.1) is 0 Å². The van der Waals surface area contributed by atoms with Gasteiger partial charge in [0.05, 0.1) is 11.8 Å². The lowest BCUT2D eigenvalue weighted by molar-refractivity contribution is 0.0921. The van der Waals surface area contributed by atoms with Crippen LogP contribution in [0.1, 0.15) is 28.9 Å². The first-order valence-corrected chi connectivity index (χ1v) is 9.26. The molecule has 0 radical (unpaired) electrons. The maximum Gasteiger partial charge on any atom is 0.253 e. The van der Waals surface area contributed by atoms with Crippen LogP contribution in [0.15, 0.2) is 12.3 Å². The summed E-state index contributed by atoms with van der Waals surface area (Å²) in [7, 11) is -3.23. The number of fused-ring (bicyclic) bond motifs is 1. The number of H-pyrrole nitrogens is 1. The average Bonchev–Trinajstić information content (AvgIpc) is 2.87. The second-order valence-electron chi connectivity index (χ2n) is 5.88. The molecule has 2 N–H and O–H groups in total. The molecule has 0 bridgehead atoms. The van der Waals surface area contributed by atoms with E-state index in [1.165, 1.54) is 16.8 Å². The van der Waals surface area contributed by atoms with Crippen LogP contribution >= 0.6 is 0 Å². The predicted molar refractivity (Wildman–Crippen MR) is 85.5 cm³/mol. The second-order valence-corrected chi connectivity index (χ2v) is 7.86. The number of hydrogen-bond acceptors (Lipinski definition) is 5. The molecule has 1 aliphatic heterocycles. The monoisotopic (exact) mass is 337 g/mol. The van der Waals surface area contributed by atoms with E-state index in [0.717, 1.165) is 23.9 Å². The van der Waals surface area contributed by atoms with Crippen LogP contribution in [0, 0.1) is 6.92 Å². The first-order chi connectivity index (χ1) is 10.8. The third kappa shape index (κ3) is 3.35. The maximum absolute atomic E-state index is 12.4. The van der Waals surface area contributed by atoms with Gasteiger partial charge in [0.15, 0.2) is 5.65 Å². The number of aryl methyl sites for hydroxylation is 1. The molecule has 3 rings (SSSR count). The molecule has 1 saturated heterocycles. The van der Waals surface area contributed by atoms with E-state index in [1.54, 1.807) is 6.07 Å². The summed E-state index contributed by atoms with van der Waals surface area (Å²) in [6.07, 6.45) is 4.17. The molecule has 1 fully saturated rings. The Balaban J connectivity index is 1.73. The van der Waals surface area contributed by atoms with Crippen LogP contribution in [0.5, 0.6) is 0 Å². The summed E-state index contributed by atoms with van der Waals surface area (Å²) >= 11 is 0. The number of aromatic nitrogens is 3. The van der Waals surface area contributed by atoms with Gasteiger partial charge >= 0.3 is 0 Å². The number of carbonyl (C=O) groups excluding carboxylic acids is 1. The molecule has 1 aliphatic rings. The van der Waals surface area contributed by atoms with Crippen molar-refractivity contribution in [3.8, 4) is 0 Å². The Morgan fingerprint density at radius 1 is 1.48 bits per heavy atom. The first-order valence-electron chi connectivity index (χ1n) is 7.41. The lowest BCUT2D eigenvalue weighted by atomic mass is 10.1. The molecule has 3 heterocycles. The van der Waals surface area contributed by atoms with E-state index < -0.39 is 10.0 Å². The SMILES string of the molecule is Cc1[nH]nc2ncc(C(=O)NC3CCCN(S(C)(=O)=O)C3)cc12. The molecular weight excluding hydrogens is 318 g/mol. The number of carbonyl (C=O) groups is 1. The van der Waals surface area contributed by atoms with Gasteiger partial charge in [-0.1, -0.05) is 0 Å². The van der Waals surface area contributed by atoms with Gasteiger partial charge in [-0.2, -0.15) is 5.10 Å². The molecule has 2 aromatic heterocycles. The summed E-state index contributed by atoms with van der Waals surface area (Å²) in [6.45, 7) is 2.68. The molecular formula is C14H19N5O3S. The fourth-order valence-corrected chi connectivity index (χ4v) is 3.69. The van der Waals surface area contributed by atoms with E-state index in [-0.39, 0.29) is 11.9 Å².